The SMILES string of the molecule is N#Cc1cccc(-c2cccc3c4ccccc4n(-c4nc(-c5ccccc5)nc(-c5cccc(-c6cc(-c7cccc(-c8ccccc8)c7)ccc6-n6c7ccccc7c7ccccc76)c5)n4)c23)c1. The number of nitrogens with zero attached hydrogens (tertiary/aromatic N) is 6. The standard InChI is InChI=1S/C64H40N6/c65-41-42-17-13-24-48(37-42)51-30-16-31-55-54-29-9-12-34-59(54)70(61(51)55)64-67-62(44-20-5-2-6-21-44)66-63(68-64)50-26-15-25-49(39-50)56-40-47(46-23-14-22-45(38-46)43-18-3-1-4-19-43)35-36-60(56)69-57-32-10-7-27-52(57)53-28-8-11-33-58(53)69/h1-40H. The molecule has 70 heavy (non-hydrogen) atoms. The Morgan fingerprint density at radius 2 is 0.786 bits per heavy atom. The molecule has 0 bridgehead atoms. The van der Waals surface area contributed by atoms with Crippen LogP contribution < -0.4 is 0 Å². The van der Waals surface area contributed by atoms with Gasteiger partial charge in [0.1, 0.15) is 0 Å². The molecular formula is C64H40N6. The fraction of sp³-hybridized carbons (Fsp3) is 0. The number of benzene rings is 10. The number of rotatable bonds is 8. The number of fused-ring (bicyclic) bond motifs is 6. The molecule has 0 amide bonds. The van der Waals surface area contributed by atoms with Crippen molar-refractivity contribution in [3.63, 3.8) is 0 Å². The van der Waals surface area contributed by atoms with E-state index in [4.69, 9.17) is 15.0 Å². The molecule has 0 fully saturated rings. The molecule has 0 unspecified atom stereocenters. The summed E-state index contributed by atoms with van der Waals surface area (Å²) in [6, 6.07) is 87.1. The fourth-order valence-electron chi connectivity index (χ4n) is 10.2. The fourth-order valence-corrected chi connectivity index (χ4v) is 10.2. The van der Waals surface area contributed by atoms with Crippen molar-refractivity contribution in [1.29, 1.82) is 5.26 Å². The third kappa shape index (κ3) is 6.92. The van der Waals surface area contributed by atoms with Crippen molar-refractivity contribution in [1.82, 2.24) is 24.1 Å². The van der Waals surface area contributed by atoms with Crippen molar-refractivity contribution in [2.45, 2.75) is 0 Å². The Balaban J connectivity index is 1.04. The maximum absolute atomic E-state index is 9.92. The summed E-state index contributed by atoms with van der Waals surface area (Å²) in [5.41, 5.74) is 16.2. The van der Waals surface area contributed by atoms with E-state index in [0.29, 0.717) is 23.2 Å². The Morgan fingerprint density at radius 1 is 0.314 bits per heavy atom. The van der Waals surface area contributed by atoms with Gasteiger partial charge < -0.3 is 4.57 Å². The maximum Gasteiger partial charge on any atom is 0.238 e. The summed E-state index contributed by atoms with van der Waals surface area (Å²) in [5, 5.41) is 14.5. The molecule has 6 nitrogen and oxygen atoms in total. The molecule has 0 spiro atoms. The molecule has 0 aliphatic heterocycles. The highest BCUT2D eigenvalue weighted by atomic mass is 15.2. The van der Waals surface area contributed by atoms with Crippen LogP contribution in [-0.2, 0) is 0 Å². The van der Waals surface area contributed by atoms with Crippen LogP contribution in [-0.4, -0.2) is 24.1 Å². The van der Waals surface area contributed by atoms with Crippen molar-refractivity contribution in [3.05, 3.63) is 248 Å². The molecule has 326 valence electrons. The first-order valence-electron chi connectivity index (χ1n) is 23.4. The minimum Gasteiger partial charge on any atom is -0.309 e. The second-order valence-corrected chi connectivity index (χ2v) is 17.5. The smallest absolute Gasteiger partial charge is 0.238 e. The van der Waals surface area contributed by atoms with Gasteiger partial charge in [0.2, 0.25) is 5.95 Å². The molecule has 6 heteroatoms. The molecule has 0 aliphatic carbocycles. The van der Waals surface area contributed by atoms with Gasteiger partial charge in [0.25, 0.3) is 0 Å². The topological polar surface area (TPSA) is 72.3 Å². The van der Waals surface area contributed by atoms with E-state index in [1.165, 1.54) is 21.9 Å². The van der Waals surface area contributed by atoms with Crippen molar-refractivity contribution in [2.24, 2.45) is 0 Å². The first kappa shape index (κ1) is 40.6. The van der Waals surface area contributed by atoms with Crippen molar-refractivity contribution < 1.29 is 0 Å². The quantitative estimate of drug-likeness (QED) is 0.152. The molecule has 0 saturated heterocycles. The summed E-state index contributed by atoms with van der Waals surface area (Å²) < 4.78 is 4.56. The first-order chi connectivity index (χ1) is 34.7. The van der Waals surface area contributed by atoms with Crippen LogP contribution in [0.3, 0.4) is 0 Å². The molecule has 10 aromatic carbocycles. The van der Waals surface area contributed by atoms with E-state index in [9.17, 15) is 5.26 Å². The van der Waals surface area contributed by atoms with Crippen LogP contribution in [0, 0.1) is 11.3 Å². The summed E-state index contributed by atoms with van der Waals surface area (Å²) in [6.45, 7) is 0. The maximum atomic E-state index is 9.92. The van der Waals surface area contributed by atoms with Gasteiger partial charge in [0.05, 0.1) is 39.4 Å². The lowest BCUT2D eigenvalue weighted by molar-refractivity contribution is 0.954. The second-order valence-electron chi connectivity index (χ2n) is 17.5. The molecular weight excluding hydrogens is 853 g/mol. The van der Waals surface area contributed by atoms with E-state index < -0.39 is 0 Å². The van der Waals surface area contributed by atoms with Crippen LogP contribution in [0.2, 0.25) is 0 Å². The Kier molecular flexibility index (Phi) is 9.78. The highest BCUT2D eigenvalue weighted by Gasteiger charge is 2.22. The Morgan fingerprint density at radius 3 is 1.47 bits per heavy atom. The number of para-hydroxylation sites is 4. The van der Waals surface area contributed by atoms with Gasteiger partial charge in [0.15, 0.2) is 11.6 Å². The van der Waals surface area contributed by atoms with E-state index >= 15 is 0 Å². The van der Waals surface area contributed by atoms with Crippen LogP contribution >= 0.6 is 0 Å². The minimum atomic E-state index is 0.496. The lowest BCUT2D eigenvalue weighted by Crippen LogP contribution is -2.07. The first-order valence-corrected chi connectivity index (χ1v) is 23.4. The monoisotopic (exact) mass is 892 g/mol. The van der Waals surface area contributed by atoms with Crippen molar-refractivity contribution in [2.75, 3.05) is 0 Å². The van der Waals surface area contributed by atoms with Gasteiger partial charge in [-0.1, -0.05) is 188 Å². The van der Waals surface area contributed by atoms with Gasteiger partial charge in [0, 0.05) is 43.8 Å². The normalized spacial score (nSPS) is 11.4. The van der Waals surface area contributed by atoms with E-state index in [-0.39, 0.29) is 0 Å². The van der Waals surface area contributed by atoms with Gasteiger partial charge in [-0.15, -0.1) is 0 Å². The summed E-state index contributed by atoms with van der Waals surface area (Å²) in [6.07, 6.45) is 0. The Hall–Kier alpha value is -9.70. The lowest BCUT2D eigenvalue weighted by atomic mass is 9.94. The summed E-state index contributed by atoms with van der Waals surface area (Å²) in [7, 11) is 0. The third-order valence-electron chi connectivity index (χ3n) is 13.4. The molecule has 13 aromatic rings. The number of hydrogen-bond donors (Lipinski definition) is 0. The largest absolute Gasteiger partial charge is 0.309 e. The van der Waals surface area contributed by atoms with E-state index in [1.54, 1.807) is 0 Å². The molecule has 3 heterocycles. The summed E-state index contributed by atoms with van der Waals surface area (Å²) in [5.74, 6) is 1.61. The number of hydrogen-bond acceptors (Lipinski definition) is 4. The lowest BCUT2D eigenvalue weighted by Gasteiger charge is -2.17. The second kappa shape index (κ2) is 16.9. The Labute approximate surface area is 404 Å². The zero-order valence-corrected chi connectivity index (χ0v) is 37.8. The van der Waals surface area contributed by atoms with Gasteiger partial charge in [-0.05, 0) is 88.0 Å². The predicted molar refractivity (Wildman–Crippen MR) is 286 cm³/mol. The number of nitriles is 1. The van der Waals surface area contributed by atoms with Crippen LogP contribution in [0.25, 0.3) is 123 Å². The minimum absolute atomic E-state index is 0.496. The summed E-state index contributed by atoms with van der Waals surface area (Å²) in [4.78, 5) is 16.0. The van der Waals surface area contributed by atoms with Gasteiger partial charge in [-0.2, -0.15) is 15.2 Å². The van der Waals surface area contributed by atoms with Crippen molar-refractivity contribution >= 4 is 43.6 Å². The predicted octanol–water partition coefficient (Wildman–Crippen LogP) is 15.9. The van der Waals surface area contributed by atoms with Gasteiger partial charge in [-0.3, -0.25) is 4.57 Å². The molecule has 3 aromatic heterocycles. The molecule has 0 radical (unpaired) electrons. The summed E-state index contributed by atoms with van der Waals surface area (Å²) >= 11 is 0. The van der Waals surface area contributed by atoms with Gasteiger partial charge >= 0.3 is 0 Å². The zero-order valence-electron chi connectivity index (χ0n) is 37.8. The number of aromatic nitrogens is 5. The average Bonchev–Trinajstić information content (AvgIpc) is 3.96. The van der Waals surface area contributed by atoms with Crippen LogP contribution in [0.5, 0.6) is 0 Å². The van der Waals surface area contributed by atoms with E-state index in [0.717, 1.165) is 83.0 Å². The molecule has 0 aliphatic rings. The molecule has 0 saturated carbocycles. The van der Waals surface area contributed by atoms with Crippen LogP contribution in [0.1, 0.15) is 5.56 Å². The van der Waals surface area contributed by atoms with Crippen LogP contribution in [0.15, 0.2) is 243 Å². The zero-order chi connectivity index (χ0) is 46.5. The van der Waals surface area contributed by atoms with E-state index in [1.807, 2.05) is 48.5 Å². The average molecular weight is 893 g/mol. The highest BCUT2D eigenvalue weighted by molar-refractivity contribution is 6.14. The van der Waals surface area contributed by atoms with Crippen LogP contribution in [0.4, 0.5) is 0 Å². The molecule has 13 rings (SSSR count). The van der Waals surface area contributed by atoms with E-state index in [2.05, 4.69) is 209 Å². The molecule has 0 atom stereocenters. The third-order valence-corrected chi connectivity index (χ3v) is 13.4. The van der Waals surface area contributed by atoms with Gasteiger partial charge in [-0.25, -0.2) is 4.98 Å². The highest BCUT2D eigenvalue weighted by Crippen LogP contribution is 2.41. The Bertz CT molecular complexity index is 4140. The molecule has 0 N–H and O–H groups in total. The van der Waals surface area contributed by atoms with Crippen molar-refractivity contribution in [3.8, 4) is 85.0 Å².